The standard InChI is InChI=1S/C18H18F3N3O/c19-18(20,21)13-3-6-16(22-9-13)24-14-4-1-12(2-5-14)7-17-8-15(10-25-17)23-11-17/h1-6,9,15,23H,7-8,10-11H2,(H,22,24)/t15-,17-/m1/s1. The van der Waals surface area contributed by atoms with Crippen LogP contribution in [0.4, 0.5) is 24.7 Å². The molecule has 0 aliphatic carbocycles. The van der Waals surface area contributed by atoms with Gasteiger partial charge in [-0.3, -0.25) is 0 Å². The Bertz CT molecular complexity index is 736. The van der Waals surface area contributed by atoms with Gasteiger partial charge in [-0.05, 0) is 36.2 Å². The van der Waals surface area contributed by atoms with Gasteiger partial charge in [-0.15, -0.1) is 0 Å². The van der Waals surface area contributed by atoms with Gasteiger partial charge >= 0.3 is 6.18 Å². The van der Waals surface area contributed by atoms with Gasteiger partial charge < -0.3 is 15.4 Å². The molecule has 132 valence electrons. The number of hydrogen-bond donors (Lipinski definition) is 2. The van der Waals surface area contributed by atoms with E-state index in [0.29, 0.717) is 11.9 Å². The van der Waals surface area contributed by atoms with Crippen LogP contribution in [0.2, 0.25) is 0 Å². The second kappa shape index (κ2) is 6.00. The number of pyridine rings is 1. The zero-order valence-corrected chi connectivity index (χ0v) is 13.4. The summed E-state index contributed by atoms with van der Waals surface area (Å²) in [6.07, 6.45) is -1.64. The molecule has 1 aromatic carbocycles. The normalized spacial score (nSPS) is 25.3. The molecule has 4 rings (SSSR count). The third-order valence-electron chi connectivity index (χ3n) is 4.77. The smallest absolute Gasteiger partial charge is 0.372 e. The topological polar surface area (TPSA) is 46.2 Å². The van der Waals surface area contributed by atoms with E-state index >= 15 is 0 Å². The average Bonchev–Trinajstić information content (AvgIpc) is 3.17. The van der Waals surface area contributed by atoms with Crippen LogP contribution >= 0.6 is 0 Å². The van der Waals surface area contributed by atoms with Gasteiger partial charge in [0.05, 0.1) is 17.8 Å². The van der Waals surface area contributed by atoms with Crippen molar-refractivity contribution < 1.29 is 17.9 Å². The van der Waals surface area contributed by atoms with E-state index in [0.717, 1.165) is 43.9 Å². The van der Waals surface area contributed by atoms with E-state index in [1.165, 1.54) is 11.6 Å². The molecule has 2 N–H and O–H groups in total. The van der Waals surface area contributed by atoms with Crippen molar-refractivity contribution in [3.63, 3.8) is 0 Å². The molecule has 1 aromatic heterocycles. The van der Waals surface area contributed by atoms with Gasteiger partial charge in [-0.25, -0.2) is 4.98 Å². The van der Waals surface area contributed by atoms with Crippen molar-refractivity contribution in [2.75, 3.05) is 18.5 Å². The molecule has 0 radical (unpaired) electrons. The zero-order chi connectivity index (χ0) is 17.5. The Kier molecular flexibility index (Phi) is 3.92. The Morgan fingerprint density at radius 3 is 2.52 bits per heavy atom. The fourth-order valence-corrected chi connectivity index (χ4v) is 3.48. The van der Waals surface area contributed by atoms with E-state index in [2.05, 4.69) is 15.6 Å². The maximum atomic E-state index is 12.5. The van der Waals surface area contributed by atoms with Crippen molar-refractivity contribution in [3.8, 4) is 0 Å². The molecule has 2 aliphatic rings. The number of alkyl halides is 3. The minimum atomic E-state index is -4.37. The largest absolute Gasteiger partial charge is 0.417 e. The van der Waals surface area contributed by atoms with Crippen molar-refractivity contribution in [3.05, 3.63) is 53.7 Å². The second-order valence-electron chi connectivity index (χ2n) is 6.70. The fourth-order valence-electron chi connectivity index (χ4n) is 3.48. The third-order valence-corrected chi connectivity index (χ3v) is 4.77. The molecule has 2 aromatic rings. The molecule has 2 saturated heterocycles. The first-order valence-electron chi connectivity index (χ1n) is 8.19. The Hall–Kier alpha value is -2.12. The summed E-state index contributed by atoms with van der Waals surface area (Å²) in [4.78, 5) is 3.82. The molecule has 2 fully saturated rings. The van der Waals surface area contributed by atoms with Crippen molar-refractivity contribution in [1.82, 2.24) is 10.3 Å². The first kappa shape index (κ1) is 16.4. The van der Waals surface area contributed by atoms with Crippen LogP contribution in [0.25, 0.3) is 0 Å². The Labute approximate surface area is 143 Å². The first-order valence-corrected chi connectivity index (χ1v) is 8.19. The quantitative estimate of drug-likeness (QED) is 0.887. The number of fused-ring (bicyclic) bond motifs is 2. The highest BCUT2D eigenvalue weighted by Crippen LogP contribution is 2.34. The number of hydrogen-bond acceptors (Lipinski definition) is 4. The highest BCUT2D eigenvalue weighted by atomic mass is 19.4. The number of nitrogens with one attached hydrogen (secondary N) is 2. The highest BCUT2D eigenvalue weighted by Gasteiger charge is 2.45. The first-order chi connectivity index (χ1) is 11.9. The number of anilines is 2. The summed E-state index contributed by atoms with van der Waals surface area (Å²) < 4.78 is 43.6. The summed E-state index contributed by atoms with van der Waals surface area (Å²) in [5.74, 6) is 0.376. The van der Waals surface area contributed by atoms with E-state index < -0.39 is 11.7 Å². The van der Waals surface area contributed by atoms with E-state index in [-0.39, 0.29) is 5.60 Å². The van der Waals surface area contributed by atoms with Crippen molar-refractivity contribution in [1.29, 1.82) is 0 Å². The lowest BCUT2D eigenvalue weighted by Gasteiger charge is -2.26. The molecule has 4 nitrogen and oxygen atoms in total. The van der Waals surface area contributed by atoms with Crippen LogP contribution in [0.3, 0.4) is 0 Å². The van der Waals surface area contributed by atoms with E-state index in [9.17, 15) is 13.2 Å². The van der Waals surface area contributed by atoms with Gasteiger partial charge in [0.2, 0.25) is 0 Å². The molecule has 2 aliphatic heterocycles. The van der Waals surface area contributed by atoms with Crippen molar-refractivity contribution >= 4 is 11.5 Å². The van der Waals surface area contributed by atoms with Gasteiger partial charge in [0.1, 0.15) is 5.82 Å². The summed E-state index contributed by atoms with van der Waals surface area (Å²) >= 11 is 0. The average molecular weight is 349 g/mol. The number of benzene rings is 1. The van der Waals surface area contributed by atoms with E-state index in [1.54, 1.807) is 0 Å². The van der Waals surface area contributed by atoms with Gasteiger partial charge in [-0.1, -0.05) is 12.1 Å². The van der Waals surface area contributed by atoms with Crippen LogP contribution in [-0.4, -0.2) is 29.8 Å². The molecule has 0 spiro atoms. The number of ether oxygens (including phenoxy) is 1. The Morgan fingerprint density at radius 2 is 2.00 bits per heavy atom. The predicted octanol–water partition coefficient (Wildman–Crippen LogP) is 3.52. The van der Waals surface area contributed by atoms with Crippen LogP contribution in [0, 0.1) is 0 Å². The maximum absolute atomic E-state index is 12.5. The number of morpholine rings is 1. The summed E-state index contributed by atoms with van der Waals surface area (Å²) in [6, 6.07) is 10.6. The molecule has 7 heteroatoms. The van der Waals surface area contributed by atoms with E-state index in [1.807, 2.05) is 24.3 Å². The SMILES string of the molecule is FC(F)(F)c1ccc(Nc2ccc(C[C@@]34CN[C@@H](CO3)C4)cc2)nc1. The summed E-state index contributed by atoms with van der Waals surface area (Å²) in [5, 5.41) is 6.46. The predicted molar refractivity (Wildman–Crippen MR) is 87.8 cm³/mol. The van der Waals surface area contributed by atoms with Gasteiger partial charge in [0.25, 0.3) is 0 Å². The van der Waals surface area contributed by atoms with Crippen molar-refractivity contribution in [2.45, 2.75) is 30.7 Å². The Balaban J connectivity index is 1.40. The number of halogens is 3. The van der Waals surface area contributed by atoms with E-state index in [4.69, 9.17) is 4.74 Å². The monoisotopic (exact) mass is 349 g/mol. The molecular weight excluding hydrogens is 331 g/mol. The molecule has 25 heavy (non-hydrogen) atoms. The summed E-state index contributed by atoms with van der Waals surface area (Å²) in [6.45, 7) is 1.66. The second-order valence-corrected chi connectivity index (χ2v) is 6.70. The minimum Gasteiger partial charge on any atom is -0.372 e. The number of rotatable bonds is 4. The van der Waals surface area contributed by atoms with Crippen LogP contribution in [-0.2, 0) is 17.3 Å². The Morgan fingerprint density at radius 1 is 1.20 bits per heavy atom. The van der Waals surface area contributed by atoms with Crippen molar-refractivity contribution in [2.24, 2.45) is 0 Å². The van der Waals surface area contributed by atoms with Crippen LogP contribution in [0.5, 0.6) is 0 Å². The molecule has 2 atom stereocenters. The minimum absolute atomic E-state index is 0.0887. The van der Waals surface area contributed by atoms with Crippen LogP contribution < -0.4 is 10.6 Å². The fraction of sp³-hybridized carbons (Fsp3) is 0.389. The summed E-state index contributed by atoms with van der Waals surface area (Å²) in [5.41, 5.74) is 1.11. The number of nitrogens with zero attached hydrogens (tertiary/aromatic N) is 1. The highest BCUT2D eigenvalue weighted by molar-refractivity contribution is 5.56. The lowest BCUT2D eigenvalue weighted by Crippen LogP contribution is -2.40. The van der Waals surface area contributed by atoms with Gasteiger partial charge in [0.15, 0.2) is 0 Å². The third kappa shape index (κ3) is 3.48. The molecule has 0 saturated carbocycles. The lowest BCUT2D eigenvalue weighted by atomic mass is 9.93. The molecule has 3 heterocycles. The molecule has 0 unspecified atom stereocenters. The zero-order valence-electron chi connectivity index (χ0n) is 13.4. The number of aromatic nitrogens is 1. The molecule has 0 amide bonds. The van der Waals surface area contributed by atoms with Gasteiger partial charge in [0, 0.05) is 30.9 Å². The lowest BCUT2D eigenvalue weighted by molar-refractivity contribution is -0.137. The van der Waals surface area contributed by atoms with Crippen LogP contribution in [0.1, 0.15) is 17.5 Å². The van der Waals surface area contributed by atoms with Crippen LogP contribution in [0.15, 0.2) is 42.6 Å². The maximum Gasteiger partial charge on any atom is 0.417 e. The molecule has 2 bridgehead atoms. The molecular formula is C18H18F3N3O. The summed E-state index contributed by atoms with van der Waals surface area (Å²) in [7, 11) is 0. The van der Waals surface area contributed by atoms with Gasteiger partial charge in [-0.2, -0.15) is 13.2 Å².